The Balaban J connectivity index is 1.47. The monoisotopic (exact) mass is 416 g/mol. The highest BCUT2D eigenvalue weighted by atomic mass is 16.2. The lowest BCUT2D eigenvalue weighted by Crippen LogP contribution is -2.37. The van der Waals surface area contributed by atoms with E-state index in [2.05, 4.69) is 34.4 Å². The third kappa shape index (κ3) is 5.09. The van der Waals surface area contributed by atoms with E-state index >= 15 is 0 Å². The molecule has 1 unspecified atom stereocenters. The zero-order valence-electron chi connectivity index (χ0n) is 17.8. The molecule has 0 saturated carbocycles. The smallest absolute Gasteiger partial charge is 0.272 e. The summed E-state index contributed by atoms with van der Waals surface area (Å²) >= 11 is 0. The van der Waals surface area contributed by atoms with Crippen molar-refractivity contribution in [2.45, 2.75) is 45.3 Å². The Hall–Kier alpha value is -3.25. The van der Waals surface area contributed by atoms with E-state index in [1.807, 2.05) is 30.3 Å². The van der Waals surface area contributed by atoms with Crippen molar-refractivity contribution in [2.75, 3.05) is 6.54 Å². The number of nitrogens with one attached hydrogen (secondary N) is 1. The van der Waals surface area contributed by atoms with Crippen molar-refractivity contribution in [3.8, 4) is 5.69 Å². The first kappa shape index (κ1) is 21.0. The first-order chi connectivity index (χ1) is 15.1. The van der Waals surface area contributed by atoms with E-state index in [1.165, 1.54) is 41.6 Å². The van der Waals surface area contributed by atoms with Crippen LogP contribution >= 0.6 is 0 Å². The number of likely N-dealkylation sites (tertiary alicyclic amines) is 1. The highest BCUT2D eigenvalue weighted by Gasteiger charge is 2.19. The van der Waals surface area contributed by atoms with Gasteiger partial charge in [-0.25, -0.2) is 0 Å². The lowest BCUT2D eigenvalue weighted by molar-refractivity contribution is 0.0943. The second kappa shape index (κ2) is 9.71. The van der Waals surface area contributed by atoms with E-state index in [0.29, 0.717) is 18.3 Å². The van der Waals surface area contributed by atoms with E-state index in [1.54, 1.807) is 12.1 Å². The standard InChI is InChI=1S/C25H28N4O2/c1-19-9-7-8-16-28(19)18-21-11-6-5-10-20(21)17-26-25(31)23-14-15-24(30)29(27-23)22-12-3-2-4-13-22/h2-6,10-15,19H,7-9,16-18H2,1H3,(H,26,31). The van der Waals surface area contributed by atoms with Crippen LogP contribution in [0.25, 0.3) is 5.69 Å². The summed E-state index contributed by atoms with van der Waals surface area (Å²) in [6.07, 6.45) is 3.78. The molecule has 2 aromatic carbocycles. The fourth-order valence-corrected chi connectivity index (χ4v) is 4.05. The first-order valence-electron chi connectivity index (χ1n) is 10.9. The molecule has 2 heterocycles. The Kier molecular flexibility index (Phi) is 6.57. The lowest BCUT2D eigenvalue weighted by atomic mass is 10.0. The molecular weight excluding hydrogens is 388 g/mol. The normalized spacial score (nSPS) is 16.7. The summed E-state index contributed by atoms with van der Waals surface area (Å²) in [5.74, 6) is -0.300. The highest BCUT2D eigenvalue weighted by Crippen LogP contribution is 2.20. The third-order valence-electron chi connectivity index (χ3n) is 5.91. The van der Waals surface area contributed by atoms with Gasteiger partial charge in [0.2, 0.25) is 0 Å². The Morgan fingerprint density at radius 2 is 1.74 bits per heavy atom. The van der Waals surface area contributed by atoms with Gasteiger partial charge < -0.3 is 5.32 Å². The summed E-state index contributed by atoms with van der Waals surface area (Å²) in [6.45, 7) is 4.72. The quantitative estimate of drug-likeness (QED) is 0.668. The molecule has 1 aliphatic rings. The molecule has 1 N–H and O–H groups in total. The SMILES string of the molecule is CC1CCCCN1Cc1ccccc1CNC(=O)c1ccc(=O)n(-c2ccccc2)n1. The van der Waals surface area contributed by atoms with Crippen molar-refractivity contribution in [1.82, 2.24) is 20.0 Å². The van der Waals surface area contributed by atoms with Crippen molar-refractivity contribution in [1.29, 1.82) is 0 Å². The van der Waals surface area contributed by atoms with Crippen LogP contribution in [0.3, 0.4) is 0 Å². The Morgan fingerprint density at radius 1 is 1.00 bits per heavy atom. The van der Waals surface area contributed by atoms with Gasteiger partial charge in [-0.1, -0.05) is 48.9 Å². The van der Waals surface area contributed by atoms with Gasteiger partial charge in [0.1, 0.15) is 5.69 Å². The number of aromatic nitrogens is 2. The van der Waals surface area contributed by atoms with E-state index in [9.17, 15) is 9.59 Å². The summed E-state index contributed by atoms with van der Waals surface area (Å²) < 4.78 is 1.25. The molecular formula is C25H28N4O2. The van der Waals surface area contributed by atoms with Gasteiger partial charge in [-0.2, -0.15) is 9.78 Å². The maximum absolute atomic E-state index is 12.8. The molecule has 0 aliphatic carbocycles. The molecule has 160 valence electrons. The molecule has 1 saturated heterocycles. The summed E-state index contributed by atoms with van der Waals surface area (Å²) in [5.41, 5.74) is 2.90. The van der Waals surface area contributed by atoms with Crippen LogP contribution in [0.4, 0.5) is 0 Å². The van der Waals surface area contributed by atoms with Crippen LogP contribution in [-0.4, -0.2) is 33.2 Å². The number of carbonyl (C=O) groups is 1. The largest absolute Gasteiger partial charge is 0.347 e. The van der Waals surface area contributed by atoms with Gasteiger partial charge in [0, 0.05) is 25.2 Å². The van der Waals surface area contributed by atoms with E-state index in [4.69, 9.17) is 0 Å². The van der Waals surface area contributed by atoms with Gasteiger partial charge in [0.15, 0.2) is 0 Å². The number of amides is 1. The molecule has 31 heavy (non-hydrogen) atoms. The van der Waals surface area contributed by atoms with E-state index < -0.39 is 0 Å². The van der Waals surface area contributed by atoms with Crippen molar-refractivity contribution in [3.63, 3.8) is 0 Å². The molecule has 1 atom stereocenters. The summed E-state index contributed by atoms with van der Waals surface area (Å²) in [4.78, 5) is 27.5. The van der Waals surface area contributed by atoms with Crippen molar-refractivity contribution in [3.05, 3.63) is 93.9 Å². The van der Waals surface area contributed by atoms with Crippen LogP contribution in [-0.2, 0) is 13.1 Å². The molecule has 1 amide bonds. The zero-order chi connectivity index (χ0) is 21.6. The molecule has 3 aromatic rings. The predicted molar refractivity (Wildman–Crippen MR) is 121 cm³/mol. The first-order valence-corrected chi connectivity index (χ1v) is 10.9. The summed E-state index contributed by atoms with van der Waals surface area (Å²) in [6, 6.07) is 20.8. The zero-order valence-corrected chi connectivity index (χ0v) is 17.8. The van der Waals surface area contributed by atoms with Crippen LogP contribution in [0.1, 0.15) is 47.8 Å². The van der Waals surface area contributed by atoms with Gasteiger partial charge in [-0.3, -0.25) is 14.5 Å². The van der Waals surface area contributed by atoms with Gasteiger partial charge >= 0.3 is 0 Å². The molecule has 0 spiro atoms. The van der Waals surface area contributed by atoms with Gasteiger partial charge in [0.25, 0.3) is 11.5 Å². The van der Waals surface area contributed by atoms with Gasteiger partial charge in [-0.05, 0) is 55.6 Å². The summed E-state index contributed by atoms with van der Waals surface area (Å²) in [5, 5.41) is 7.23. The Morgan fingerprint density at radius 3 is 2.52 bits per heavy atom. The molecule has 1 aromatic heterocycles. The predicted octanol–water partition coefficient (Wildman–Crippen LogP) is 3.54. The minimum atomic E-state index is -0.300. The maximum atomic E-state index is 12.8. The minimum absolute atomic E-state index is 0.214. The molecule has 6 heteroatoms. The Bertz CT molecular complexity index is 1090. The van der Waals surface area contributed by atoms with E-state index in [0.717, 1.165) is 18.7 Å². The molecule has 1 fully saturated rings. The minimum Gasteiger partial charge on any atom is -0.347 e. The molecule has 1 aliphatic heterocycles. The second-order valence-electron chi connectivity index (χ2n) is 8.07. The number of nitrogens with zero attached hydrogens (tertiary/aromatic N) is 3. The van der Waals surface area contributed by atoms with E-state index in [-0.39, 0.29) is 17.2 Å². The van der Waals surface area contributed by atoms with Crippen LogP contribution in [0.5, 0.6) is 0 Å². The average molecular weight is 417 g/mol. The van der Waals surface area contributed by atoms with Crippen LogP contribution in [0.2, 0.25) is 0 Å². The van der Waals surface area contributed by atoms with Crippen molar-refractivity contribution < 1.29 is 4.79 Å². The highest BCUT2D eigenvalue weighted by molar-refractivity contribution is 5.92. The number of hydrogen-bond acceptors (Lipinski definition) is 4. The molecule has 0 bridgehead atoms. The van der Waals surface area contributed by atoms with Crippen molar-refractivity contribution >= 4 is 5.91 Å². The maximum Gasteiger partial charge on any atom is 0.272 e. The van der Waals surface area contributed by atoms with Crippen LogP contribution < -0.4 is 10.9 Å². The third-order valence-corrected chi connectivity index (χ3v) is 5.91. The average Bonchev–Trinajstić information content (AvgIpc) is 2.80. The topological polar surface area (TPSA) is 67.2 Å². The van der Waals surface area contributed by atoms with Crippen LogP contribution in [0.15, 0.2) is 71.5 Å². The Labute approximate surface area is 182 Å². The van der Waals surface area contributed by atoms with Crippen LogP contribution in [0, 0.1) is 0 Å². The number of hydrogen-bond donors (Lipinski definition) is 1. The number of rotatable bonds is 6. The van der Waals surface area contributed by atoms with Gasteiger partial charge in [-0.15, -0.1) is 0 Å². The fourth-order valence-electron chi connectivity index (χ4n) is 4.05. The molecule has 0 radical (unpaired) electrons. The van der Waals surface area contributed by atoms with Gasteiger partial charge in [0.05, 0.1) is 5.69 Å². The second-order valence-corrected chi connectivity index (χ2v) is 8.07. The number of benzene rings is 2. The lowest BCUT2D eigenvalue weighted by Gasteiger charge is -2.33. The molecule has 4 rings (SSSR count). The number of para-hydroxylation sites is 1. The fraction of sp³-hybridized carbons (Fsp3) is 0.320. The summed E-state index contributed by atoms with van der Waals surface area (Å²) in [7, 11) is 0. The van der Waals surface area contributed by atoms with Crippen molar-refractivity contribution in [2.24, 2.45) is 0 Å². The number of carbonyl (C=O) groups excluding carboxylic acids is 1. The molecule has 6 nitrogen and oxygen atoms in total. The number of piperidine rings is 1.